The highest BCUT2D eigenvalue weighted by Crippen LogP contribution is 2.34. The largest absolute Gasteiger partial charge is 0.459 e. The molecule has 0 aliphatic carbocycles. The number of para-hydroxylation sites is 1. The molecule has 1 unspecified atom stereocenters. The van der Waals surface area contributed by atoms with Gasteiger partial charge in [-0.05, 0) is 44.0 Å². The van der Waals surface area contributed by atoms with E-state index in [-0.39, 0.29) is 0 Å². The van der Waals surface area contributed by atoms with E-state index < -0.39 is 0 Å². The second-order valence-corrected chi connectivity index (χ2v) is 5.99. The zero-order valence-corrected chi connectivity index (χ0v) is 11.3. The fourth-order valence-electron chi connectivity index (χ4n) is 3.60. The quantitative estimate of drug-likeness (QED) is 0.895. The topological polar surface area (TPSA) is 28.4 Å². The minimum atomic E-state index is 0.387. The van der Waals surface area contributed by atoms with Gasteiger partial charge in [0.2, 0.25) is 0 Å². The lowest BCUT2D eigenvalue weighted by Gasteiger charge is -2.23. The molecule has 0 bridgehead atoms. The third-order valence-corrected chi connectivity index (χ3v) is 4.82. The molecule has 2 aliphatic heterocycles. The molecule has 3 heteroatoms. The van der Waals surface area contributed by atoms with E-state index in [0.717, 1.165) is 23.2 Å². The first-order valence-electron chi connectivity index (χ1n) is 7.24. The summed E-state index contributed by atoms with van der Waals surface area (Å²) < 4.78 is 6.01. The summed E-state index contributed by atoms with van der Waals surface area (Å²) >= 11 is 0. The van der Waals surface area contributed by atoms with Crippen molar-refractivity contribution in [3.05, 3.63) is 36.1 Å². The van der Waals surface area contributed by atoms with Crippen molar-refractivity contribution in [3.63, 3.8) is 0 Å². The van der Waals surface area contributed by atoms with Gasteiger partial charge in [-0.15, -0.1) is 0 Å². The lowest BCUT2D eigenvalue weighted by molar-refractivity contribution is 0.219. The van der Waals surface area contributed by atoms with Crippen molar-refractivity contribution in [3.8, 4) is 0 Å². The number of nitrogens with one attached hydrogen (secondary N) is 1. The lowest BCUT2D eigenvalue weighted by atomic mass is 10.0. The highest BCUT2D eigenvalue weighted by Gasteiger charge is 2.38. The number of likely N-dealkylation sites (tertiary alicyclic amines) is 1. The number of furan rings is 1. The maximum absolute atomic E-state index is 6.01. The van der Waals surface area contributed by atoms with Crippen LogP contribution in [0.3, 0.4) is 0 Å². The van der Waals surface area contributed by atoms with Crippen LogP contribution in [0, 0.1) is 11.8 Å². The molecule has 2 saturated heterocycles. The molecule has 3 nitrogen and oxygen atoms in total. The molecule has 2 aromatic rings. The van der Waals surface area contributed by atoms with Crippen molar-refractivity contribution < 1.29 is 4.42 Å². The number of fused-ring (bicyclic) bond motifs is 2. The first-order chi connectivity index (χ1) is 9.31. The van der Waals surface area contributed by atoms with E-state index >= 15 is 0 Å². The van der Waals surface area contributed by atoms with Crippen LogP contribution >= 0.6 is 0 Å². The van der Waals surface area contributed by atoms with Gasteiger partial charge < -0.3 is 9.73 Å². The van der Waals surface area contributed by atoms with Gasteiger partial charge in [0.15, 0.2) is 0 Å². The highest BCUT2D eigenvalue weighted by molar-refractivity contribution is 5.77. The zero-order chi connectivity index (χ0) is 12.8. The number of benzene rings is 1. The predicted molar refractivity (Wildman–Crippen MR) is 76.1 cm³/mol. The van der Waals surface area contributed by atoms with Crippen LogP contribution in [0.5, 0.6) is 0 Å². The van der Waals surface area contributed by atoms with Gasteiger partial charge in [0, 0.05) is 18.5 Å². The molecule has 0 amide bonds. The minimum absolute atomic E-state index is 0.387. The van der Waals surface area contributed by atoms with Crippen LogP contribution in [0.4, 0.5) is 0 Å². The third kappa shape index (κ3) is 1.88. The van der Waals surface area contributed by atoms with Crippen LogP contribution in [0.2, 0.25) is 0 Å². The number of hydrogen-bond donors (Lipinski definition) is 1. The Bertz CT molecular complexity index is 546. The maximum Gasteiger partial charge on any atom is 0.134 e. The molecule has 3 heterocycles. The summed E-state index contributed by atoms with van der Waals surface area (Å²) in [6.45, 7) is 7.06. The average Bonchev–Trinajstić information content (AvgIpc) is 3.10. The molecule has 0 radical (unpaired) electrons. The van der Waals surface area contributed by atoms with Gasteiger partial charge in [-0.25, -0.2) is 0 Å². The van der Waals surface area contributed by atoms with Crippen LogP contribution in [-0.2, 0) is 0 Å². The molecule has 1 N–H and O–H groups in total. The number of rotatable bonds is 2. The van der Waals surface area contributed by atoms with Gasteiger partial charge in [-0.3, -0.25) is 4.90 Å². The molecule has 4 rings (SSSR count). The van der Waals surface area contributed by atoms with E-state index in [1.165, 1.54) is 31.6 Å². The molecule has 1 aromatic carbocycles. The number of nitrogens with zero attached hydrogens (tertiary/aromatic N) is 1. The van der Waals surface area contributed by atoms with Gasteiger partial charge in [-0.1, -0.05) is 18.2 Å². The summed E-state index contributed by atoms with van der Waals surface area (Å²) in [5.74, 6) is 2.78. The van der Waals surface area contributed by atoms with E-state index in [2.05, 4.69) is 35.3 Å². The second kappa shape index (κ2) is 4.36. The first kappa shape index (κ1) is 11.5. The molecule has 2 fully saturated rings. The van der Waals surface area contributed by atoms with E-state index in [1.54, 1.807) is 0 Å². The fraction of sp³-hybridized carbons (Fsp3) is 0.500. The fourth-order valence-corrected chi connectivity index (χ4v) is 3.60. The normalized spacial score (nSPS) is 28.9. The van der Waals surface area contributed by atoms with Crippen molar-refractivity contribution in [1.82, 2.24) is 10.2 Å². The van der Waals surface area contributed by atoms with E-state index in [1.807, 2.05) is 12.1 Å². The molecule has 0 spiro atoms. The lowest BCUT2D eigenvalue weighted by Crippen LogP contribution is -2.28. The number of hydrogen-bond acceptors (Lipinski definition) is 3. The highest BCUT2D eigenvalue weighted by atomic mass is 16.3. The summed E-state index contributed by atoms with van der Waals surface area (Å²) in [7, 11) is 0. The maximum atomic E-state index is 6.01. The van der Waals surface area contributed by atoms with E-state index in [0.29, 0.717) is 6.04 Å². The van der Waals surface area contributed by atoms with Crippen LogP contribution in [0.1, 0.15) is 18.7 Å². The van der Waals surface area contributed by atoms with Gasteiger partial charge in [0.05, 0.1) is 6.04 Å². The van der Waals surface area contributed by atoms with E-state index in [4.69, 9.17) is 4.42 Å². The zero-order valence-electron chi connectivity index (χ0n) is 11.3. The van der Waals surface area contributed by atoms with Gasteiger partial charge in [0.25, 0.3) is 0 Å². The second-order valence-electron chi connectivity index (χ2n) is 5.99. The minimum Gasteiger partial charge on any atom is -0.459 e. The summed E-state index contributed by atoms with van der Waals surface area (Å²) in [5, 5.41) is 4.71. The molecular formula is C16H20N2O. The molecule has 1 aromatic heterocycles. The van der Waals surface area contributed by atoms with E-state index in [9.17, 15) is 0 Å². The van der Waals surface area contributed by atoms with Crippen LogP contribution in [-0.4, -0.2) is 31.1 Å². The smallest absolute Gasteiger partial charge is 0.134 e. The van der Waals surface area contributed by atoms with Crippen LogP contribution < -0.4 is 5.32 Å². The predicted octanol–water partition coefficient (Wildman–Crippen LogP) is 2.65. The van der Waals surface area contributed by atoms with Gasteiger partial charge in [-0.2, -0.15) is 0 Å². The SMILES string of the molecule is CC(c1cc2ccccc2o1)N1C[C@H]2CNC[C@H]2C1. The average molecular weight is 256 g/mol. The van der Waals surface area contributed by atoms with Crippen molar-refractivity contribution in [1.29, 1.82) is 0 Å². The molecular weight excluding hydrogens is 236 g/mol. The van der Waals surface area contributed by atoms with Crippen molar-refractivity contribution in [2.24, 2.45) is 11.8 Å². The van der Waals surface area contributed by atoms with Crippen LogP contribution in [0.15, 0.2) is 34.7 Å². The van der Waals surface area contributed by atoms with Gasteiger partial charge >= 0.3 is 0 Å². The standard InChI is InChI=1S/C16H20N2O/c1-11(18-9-13-7-17-8-14(13)10-18)16-6-12-4-2-3-5-15(12)19-16/h2-6,11,13-14,17H,7-10H2,1H3/t11?,13-,14+. The van der Waals surface area contributed by atoms with Crippen molar-refractivity contribution in [2.45, 2.75) is 13.0 Å². The Morgan fingerprint density at radius 1 is 1.21 bits per heavy atom. The van der Waals surface area contributed by atoms with Crippen molar-refractivity contribution in [2.75, 3.05) is 26.2 Å². The molecule has 3 atom stereocenters. The molecule has 19 heavy (non-hydrogen) atoms. The Hall–Kier alpha value is -1.32. The Morgan fingerprint density at radius 3 is 2.68 bits per heavy atom. The summed E-state index contributed by atoms with van der Waals surface area (Å²) in [4.78, 5) is 2.58. The molecule has 100 valence electrons. The summed E-state index contributed by atoms with van der Waals surface area (Å²) in [6.07, 6.45) is 0. The summed E-state index contributed by atoms with van der Waals surface area (Å²) in [6, 6.07) is 10.9. The van der Waals surface area contributed by atoms with Crippen LogP contribution in [0.25, 0.3) is 11.0 Å². The van der Waals surface area contributed by atoms with Crippen molar-refractivity contribution >= 4 is 11.0 Å². The van der Waals surface area contributed by atoms with Gasteiger partial charge in [0.1, 0.15) is 11.3 Å². The third-order valence-electron chi connectivity index (χ3n) is 4.82. The monoisotopic (exact) mass is 256 g/mol. The Balaban J connectivity index is 1.58. The molecule has 2 aliphatic rings. The summed E-state index contributed by atoms with van der Waals surface area (Å²) in [5.41, 5.74) is 1.01. The Morgan fingerprint density at radius 2 is 1.95 bits per heavy atom. The Kier molecular flexibility index (Phi) is 2.64. The Labute approximate surface area is 113 Å². The molecule has 0 saturated carbocycles. The first-order valence-corrected chi connectivity index (χ1v) is 7.24.